The molecule has 0 heterocycles. The van der Waals surface area contributed by atoms with Crippen LogP contribution in [-0.4, -0.2) is 110 Å². The molecule has 13 nitrogen and oxygen atoms in total. The highest BCUT2D eigenvalue weighted by Crippen LogP contribution is 2.42. The van der Waals surface area contributed by atoms with Crippen molar-refractivity contribution in [3.63, 3.8) is 0 Å². The Kier molecular flexibility index (Phi) is 23.6. The van der Waals surface area contributed by atoms with Crippen molar-refractivity contribution in [2.45, 2.75) is 25.6 Å². The number of phenolic OH excluding ortho intramolecular Hbond substituents is 2. The number of ether oxygens (including phenoxy) is 1. The third kappa shape index (κ3) is 15.1. The van der Waals surface area contributed by atoms with Gasteiger partial charge in [0.2, 0.25) is 11.6 Å². The van der Waals surface area contributed by atoms with Crippen LogP contribution in [-0.2, 0) is 17.3 Å². The number of benzene rings is 4. The van der Waals surface area contributed by atoms with Crippen LogP contribution < -0.4 is 26.6 Å². The predicted molar refractivity (Wildman–Crippen MR) is 231 cm³/mol. The molecule has 0 amide bonds. The fourth-order valence-electron chi connectivity index (χ4n) is 6.05. The third-order valence-electron chi connectivity index (χ3n) is 8.72. The van der Waals surface area contributed by atoms with Gasteiger partial charge in [0.15, 0.2) is 0 Å². The predicted octanol–water partition coefficient (Wildman–Crippen LogP) is 5.21. The summed E-state index contributed by atoms with van der Waals surface area (Å²) in [6, 6.07) is 19.7. The average molecular weight is 905 g/mol. The van der Waals surface area contributed by atoms with Crippen molar-refractivity contribution < 1.29 is 52.7 Å². The Bertz CT molecular complexity index is 1900. The van der Waals surface area contributed by atoms with Crippen LogP contribution in [0.15, 0.2) is 78.9 Å². The van der Waals surface area contributed by atoms with Crippen LogP contribution in [0.4, 0.5) is 24.5 Å². The summed E-state index contributed by atoms with van der Waals surface area (Å²) < 4.78 is 43.3. The van der Waals surface area contributed by atoms with Crippen molar-refractivity contribution in [3.05, 3.63) is 118 Å². The number of alkyl halides is 3. The lowest BCUT2D eigenvalue weighted by atomic mass is 9.81. The minimum Gasteiger partial charge on any atom is -0.507 e. The molecule has 0 fully saturated rings. The molecule has 1 aliphatic rings. The number of aliphatic hydroxyl groups excluding tert-OH is 2. The third-order valence-corrected chi connectivity index (χ3v) is 8.72. The van der Waals surface area contributed by atoms with Crippen molar-refractivity contribution >= 4 is 66.1 Å². The summed E-state index contributed by atoms with van der Waals surface area (Å²) in [5.74, 6) is -2.26. The Hall–Kier alpha value is -4.65. The topological polar surface area (TPSA) is 202 Å². The number of phenols is 2. The fraction of sp³-hybridized carbons (Fsp3) is 0.341. The number of aliphatic hydroxyl groups is 2. The summed E-state index contributed by atoms with van der Waals surface area (Å²) in [6.07, 6.45) is -3.88. The SMILES string of the molecule is CC(Cc1cccc(C(F)(F)F)c1)NCCOC(=O)c1ccccc1.Cl.Cl.Cl.O=C1c2c(O)ccc(O)c2C(=O)c2c(NCCNCCO)ccc(NCCNCCO)c21. The molecule has 19 heteroatoms. The van der Waals surface area contributed by atoms with Crippen LogP contribution in [0.3, 0.4) is 0 Å². The molecule has 1 aliphatic carbocycles. The van der Waals surface area contributed by atoms with Gasteiger partial charge in [-0.15, -0.1) is 37.2 Å². The number of esters is 1. The van der Waals surface area contributed by atoms with E-state index in [1.807, 2.05) is 13.0 Å². The lowest BCUT2D eigenvalue weighted by molar-refractivity contribution is -0.137. The van der Waals surface area contributed by atoms with Crippen LogP contribution in [0.5, 0.6) is 11.5 Å². The standard InChI is InChI=1S/C22H28N4O6.C19H20F3NO2.3ClH/c27-11-9-23-5-7-25-13-1-2-14(26-8-6-24-10-12-28)18-17(13)21(31)19-15(29)3-4-16(30)20(19)22(18)32;1-14(12-15-6-5-9-17(13-15)19(20,21)22)23-10-11-25-18(24)16-7-3-2-4-8-16;;;/h1-4,23-30H,5-12H2;2-9,13-14,23H,10-12H2,1H3;3*1H. The molecule has 4 aromatic carbocycles. The van der Waals surface area contributed by atoms with Crippen LogP contribution >= 0.6 is 37.2 Å². The Labute approximate surface area is 364 Å². The number of anilines is 2. The molecule has 0 saturated carbocycles. The van der Waals surface area contributed by atoms with Gasteiger partial charge in [-0.05, 0) is 61.4 Å². The first-order chi connectivity index (χ1) is 27.4. The molecule has 0 aromatic heterocycles. The zero-order valence-electron chi connectivity index (χ0n) is 32.6. The molecule has 0 spiro atoms. The van der Waals surface area contributed by atoms with E-state index < -0.39 is 29.3 Å². The minimum absolute atomic E-state index is 0. The quantitative estimate of drug-likeness (QED) is 0.0298. The summed E-state index contributed by atoms with van der Waals surface area (Å²) in [5.41, 5.74) is 1.13. The number of hydrogen-bond donors (Lipinski definition) is 9. The van der Waals surface area contributed by atoms with E-state index in [-0.39, 0.29) is 96.8 Å². The van der Waals surface area contributed by atoms with E-state index in [1.54, 1.807) is 42.5 Å². The van der Waals surface area contributed by atoms with Gasteiger partial charge in [-0.3, -0.25) is 9.59 Å². The van der Waals surface area contributed by atoms with Crippen molar-refractivity contribution in [1.82, 2.24) is 16.0 Å². The van der Waals surface area contributed by atoms with E-state index >= 15 is 0 Å². The molecule has 330 valence electrons. The Morgan fingerprint density at radius 2 is 1.18 bits per heavy atom. The molecule has 0 saturated heterocycles. The second-order valence-electron chi connectivity index (χ2n) is 13.0. The normalized spacial score (nSPS) is 11.9. The highest BCUT2D eigenvalue weighted by molar-refractivity contribution is 6.33. The Morgan fingerprint density at radius 3 is 1.67 bits per heavy atom. The molecule has 5 rings (SSSR count). The first-order valence-electron chi connectivity index (χ1n) is 18.4. The fourth-order valence-corrected chi connectivity index (χ4v) is 6.05. The number of fused-ring (bicyclic) bond motifs is 2. The number of carbonyl (C=O) groups is 3. The maximum absolute atomic E-state index is 13.4. The van der Waals surface area contributed by atoms with Crippen LogP contribution in [0.2, 0.25) is 0 Å². The highest BCUT2D eigenvalue weighted by Gasteiger charge is 2.38. The summed E-state index contributed by atoms with van der Waals surface area (Å²) in [7, 11) is 0. The number of ketones is 2. The number of hydrogen-bond acceptors (Lipinski definition) is 13. The van der Waals surface area contributed by atoms with Gasteiger partial charge in [0.25, 0.3) is 0 Å². The lowest BCUT2D eigenvalue weighted by Gasteiger charge is -2.25. The second-order valence-corrected chi connectivity index (χ2v) is 13.0. The van der Waals surface area contributed by atoms with Gasteiger partial charge in [0, 0.05) is 63.2 Å². The summed E-state index contributed by atoms with van der Waals surface area (Å²) in [4.78, 5) is 38.5. The maximum Gasteiger partial charge on any atom is 0.416 e. The van der Waals surface area contributed by atoms with Gasteiger partial charge in [-0.1, -0.05) is 36.4 Å². The number of carbonyl (C=O) groups excluding carboxylic acids is 3. The molecule has 60 heavy (non-hydrogen) atoms. The van der Waals surface area contributed by atoms with Crippen LogP contribution in [0.25, 0.3) is 0 Å². The molecule has 4 aromatic rings. The summed E-state index contributed by atoms with van der Waals surface area (Å²) in [5, 5.41) is 53.7. The van der Waals surface area contributed by atoms with E-state index in [9.17, 15) is 37.8 Å². The zero-order valence-corrected chi connectivity index (χ0v) is 35.1. The molecule has 0 radical (unpaired) electrons. The molecule has 1 atom stereocenters. The van der Waals surface area contributed by atoms with Crippen molar-refractivity contribution in [1.29, 1.82) is 0 Å². The molecule has 0 aliphatic heterocycles. The van der Waals surface area contributed by atoms with Crippen molar-refractivity contribution in [3.8, 4) is 11.5 Å². The lowest BCUT2D eigenvalue weighted by Crippen LogP contribution is -2.31. The van der Waals surface area contributed by atoms with E-state index in [2.05, 4.69) is 26.6 Å². The number of aromatic hydroxyl groups is 2. The minimum atomic E-state index is -4.34. The van der Waals surface area contributed by atoms with Crippen molar-refractivity contribution in [2.75, 3.05) is 76.3 Å². The van der Waals surface area contributed by atoms with Gasteiger partial charge in [0.05, 0.1) is 46.6 Å². The molecule has 1 unspecified atom stereocenters. The number of halogens is 6. The molecule has 9 N–H and O–H groups in total. The first-order valence-corrected chi connectivity index (χ1v) is 18.4. The van der Waals surface area contributed by atoms with E-state index in [1.165, 1.54) is 18.2 Å². The maximum atomic E-state index is 13.4. The number of nitrogens with one attached hydrogen (secondary N) is 5. The van der Waals surface area contributed by atoms with Crippen LogP contribution in [0, 0.1) is 0 Å². The molecular weight excluding hydrogens is 854 g/mol. The zero-order chi connectivity index (χ0) is 41.4. The van der Waals surface area contributed by atoms with Gasteiger partial charge < -0.3 is 51.7 Å². The summed E-state index contributed by atoms with van der Waals surface area (Å²) >= 11 is 0. The molecule has 0 bridgehead atoms. The summed E-state index contributed by atoms with van der Waals surface area (Å²) in [6.45, 7) is 5.31. The first kappa shape index (κ1) is 53.4. The van der Waals surface area contributed by atoms with E-state index in [0.717, 1.165) is 12.1 Å². The largest absolute Gasteiger partial charge is 0.507 e. The Balaban J connectivity index is 0.000000587. The van der Waals surface area contributed by atoms with Gasteiger partial charge in [-0.2, -0.15) is 13.2 Å². The second kappa shape index (κ2) is 26.5. The van der Waals surface area contributed by atoms with Crippen LogP contribution in [0.1, 0.15) is 60.3 Å². The highest BCUT2D eigenvalue weighted by atomic mass is 35.5. The van der Waals surface area contributed by atoms with E-state index in [4.69, 9.17) is 14.9 Å². The van der Waals surface area contributed by atoms with Gasteiger partial charge in [-0.25, -0.2) is 4.79 Å². The van der Waals surface area contributed by atoms with Gasteiger partial charge in [0.1, 0.15) is 18.1 Å². The number of rotatable bonds is 19. The monoisotopic (exact) mass is 903 g/mol. The smallest absolute Gasteiger partial charge is 0.416 e. The van der Waals surface area contributed by atoms with Gasteiger partial charge >= 0.3 is 12.1 Å². The Morgan fingerprint density at radius 1 is 0.667 bits per heavy atom. The average Bonchev–Trinajstić information content (AvgIpc) is 3.19. The van der Waals surface area contributed by atoms with E-state index in [0.29, 0.717) is 74.7 Å². The molecular formula is C41H51Cl3F3N5O8. The van der Waals surface area contributed by atoms with Crippen molar-refractivity contribution in [2.24, 2.45) is 0 Å².